The van der Waals surface area contributed by atoms with Gasteiger partial charge in [-0.25, -0.2) is 18.2 Å². The van der Waals surface area contributed by atoms with Gasteiger partial charge in [0.25, 0.3) is 5.91 Å². The summed E-state index contributed by atoms with van der Waals surface area (Å²) in [6, 6.07) is 14.6. The average molecular weight is 534 g/mol. The van der Waals surface area contributed by atoms with Gasteiger partial charge in [-0.3, -0.25) is 4.79 Å². The molecule has 0 aliphatic carbocycles. The third kappa shape index (κ3) is 6.81. The van der Waals surface area contributed by atoms with Crippen molar-refractivity contribution in [1.29, 1.82) is 0 Å². The van der Waals surface area contributed by atoms with Crippen LogP contribution in [0.15, 0.2) is 70.7 Å². The number of sulfonamides is 1. The van der Waals surface area contributed by atoms with E-state index in [1.54, 1.807) is 25.1 Å². The smallest absolute Gasteiger partial charge is 0.255 e. The summed E-state index contributed by atoms with van der Waals surface area (Å²) in [4.78, 5) is 12.6. The molecule has 0 bridgehead atoms. The maximum atomic E-state index is 14.4. The van der Waals surface area contributed by atoms with Crippen LogP contribution in [-0.4, -0.2) is 43.1 Å². The quantitative estimate of drug-likeness (QED) is 0.299. The topological polar surface area (TPSA) is 108 Å². The normalized spacial score (nSPS) is 11.7. The summed E-state index contributed by atoms with van der Waals surface area (Å²) in [7, 11) is -4.19. The molecular weight excluding hydrogens is 509 g/mol. The van der Waals surface area contributed by atoms with Gasteiger partial charge in [0.2, 0.25) is 10.0 Å². The molecule has 0 atom stereocenters. The molecule has 0 saturated heterocycles. The molecule has 36 heavy (non-hydrogen) atoms. The van der Waals surface area contributed by atoms with Gasteiger partial charge in [-0.2, -0.15) is 9.41 Å². The van der Waals surface area contributed by atoms with Gasteiger partial charge in [-0.15, -0.1) is 0 Å². The SMILES string of the molecule is CCOc1cc(/C=N\NC(=O)CN(Cc2c(F)cccc2Cl)S(=O)(=O)c2ccc(C)cc2)ccc1O. The number of aromatic hydroxyl groups is 1. The number of amides is 1. The molecule has 2 N–H and O–H groups in total. The monoisotopic (exact) mass is 533 g/mol. The highest BCUT2D eigenvalue weighted by atomic mass is 35.5. The number of rotatable bonds is 10. The van der Waals surface area contributed by atoms with E-state index in [0.717, 1.165) is 15.9 Å². The van der Waals surface area contributed by atoms with Gasteiger partial charge in [-0.05, 0) is 61.9 Å². The number of hydrazone groups is 1. The molecule has 1 amide bonds. The van der Waals surface area contributed by atoms with Crippen LogP contribution in [0, 0.1) is 12.7 Å². The Balaban J connectivity index is 1.82. The van der Waals surface area contributed by atoms with Crippen molar-refractivity contribution in [3.8, 4) is 11.5 Å². The van der Waals surface area contributed by atoms with Crippen LogP contribution in [0.5, 0.6) is 11.5 Å². The molecule has 3 aromatic rings. The minimum absolute atomic E-state index is 0.0370. The van der Waals surface area contributed by atoms with E-state index < -0.39 is 34.8 Å². The molecule has 0 aromatic heterocycles. The predicted octanol–water partition coefficient (Wildman–Crippen LogP) is 4.23. The summed E-state index contributed by atoms with van der Waals surface area (Å²) < 4.78 is 47.3. The lowest BCUT2D eigenvalue weighted by atomic mass is 10.2. The number of phenols is 1. The first-order chi connectivity index (χ1) is 17.1. The number of nitrogens with zero attached hydrogens (tertiary/aromatic N) is 2. The lowest BCUT2D eigenvalue weighted by Gasteiger charge is -2.22. The number of halogens is 2. The second kappa shape index (κ2) is 12.0. The summed E-state index contributed by atoms with van der Waals surface area (Å²) in [6.45, 7) is 2.82. The van der Waals surface area contributed by atoms with Crippen LogP contribution in [0.3, 0.4) is 0 Å². The molecule has 0 aliphatic rings. The maximum absolute atomic E-state index is 14.4. The van der Waals surface area contributed by atoms with E-state index in [-0.39, 0.29) is 27.0 Å². The summed E-state index contributed by atoms with van der Waals surface area (Å²) in [6.07, 6.45) is 1.31. The molecular formula is C25H25ClFN3O5S. The summed E-state index contributed by atoms with van der Waals surface area (Å²) >= 11 is 6.11. The van der Waals surface area contributed by atoms with Gasteiger partial charge in [-0.1, -0.05) is 35.4 Å². The van der Waals surface area contributed by atoms with Gasteiger partial charge >= 0.3 is 0 Å². The standard InChI is InChI=1S/C25H25ClFN3O5S/c1-3-35-24-13-18(9-12-23(24)31)14-28-29-25(32)16-30(15-20-21(26)5-4-6-22(20)27)36(33,34)19-10-7-17(2)8-11-19/h4-14,31H,3,15-16H2,1-2H3,(H,29,32)/b28-14-. The van der Waals surface area contributed by atoms with Crippen molar-refractivity contribution in [2.45, 2.75) is 25.3 Å². The van der Waals surface area contributed by atoms with E-state index in [2.05, 4.69) is 10.5 Å². The highest BCUT2D eigenvalue weighted by molar-refractivity contribution is 7.89. The van der Waals surface area contributed by atoms with Gasteiger partial charge in [0.1, 0.15) is 5.82 Å². The van der Waals surface area contributed by atoms with Crippen LogP contribution in [0.25, 0.3) is 0 Å². The van der Waals surface area contributed by atoms with Crippen LogP contribution < -0.4 is 10.2 Å². The Morgan fingerprint density at radius 3 is 2.58 bits per heavy atom. The molecule has 3 rings (SSSR count). The number of carbonyl (C=O) groups excluding carboxylic acids is 1. The fourth-order valence-corrected chi connectivity index (χ4v) is 4.79. The molecule has 0 unspecified atom stereocenters. The van der Waals surface area contributed by atoms with E-state index in [1.165, 1.54) is 42.6 Å². The number of aryl methyl sites for hydroxylation is 1. The van der Waals surface area contributed by atoms with Crippen molar-refractivity contribution >= 4 is 33.7 Å². The number of ether oxygens (including phenoxy) is 1. The van der Waals surface area contributed by atoms with Crippen molar-refractivity contribution in [3.05, 3.63) is 88.2 Å². The average Bonchev–Trinajstić information content (AvgIpc) is 2.83. The van der Waals surface area contributed by atoms with Crippen LogP contribution in [0.4, 0.5) is 4.39 Å². The molecule has 0 fully saturated rings. The fraction of sp³-hybridized carbons (Fsp3) is 0.200. The third-order valence-electron chi connectivity index (χ3n) is 5.06. The highest BCUT2D eigenvalue weighted by Crippen LogP contribution is 2.26. The number of nitrogens with one attached hydrogen (secondary N) is 1. The van der Waals surface area contributed by atoms with Crippen molar-refractivity contribution in [3.63, 3.8) is 0 Å². The molecule has 0 radical (unpaired) electrons. The fourth-order valence-electron chi connectivity index (χ4n) is 3.20. The van der Waals surface area contributed by atoms with Gasteiger partial charge in [0.05, 0.1) is 24.3 Å². The zero-order valence-electron chi connectivity index (χ0n) is 19.6. The highest BCUT2D eigenvalue weighted by Gasteiger charge is 2.28. The molecule has 0 spiro atoms. The van der Waals surface area contributed by atoms with Crippen LogP contribution in [0.1, 0.15) is 23.6 Å². The second-order valence-electron chi connectivity index (χ2n) is 7.74. The Morgan fingerprint density at radius 1 is 1.19 bits per heavy atom. The Bertz CT molecular complexity index is 1340. The number of hydrogen-bond donors (Lipinski definition) is 2. The number of hydrogen-bond acceptors (Lipinski definition) is 6. The van der Waals surface area contributed by atoms with Crippen LogP contribution in [-0.2, 0) is 21.4 Å². The summed E-state index contributed by atoms with van der Waals surface area (Å²) in [5.74, 6) is -1.23. The van der Waals surface area contributed by atoms with E-state index in [4.69, 9.17) is 16.3 Å². The summed E-state index contributed by atoms with van der Waals surface area (Å²) in [5, 5.41) is 13.7. The summed E-state index contributed by atoms with van der Waals surface area (Å²) in [5.41, 5.74) is 3.59. The Hall–Kier alpha value is -3.47. The largest absolute Gasteiger partial charge is 0.504 e. The van der Waals surface area contributed by atoms with Crippen molar-refractivity contribution in [1.82, 2.24) is 9.73 Å². The molecule has 0 heterocycles. The molecule has 3 aromatic carbocycles. The van der Waals surface area contributed by atoms with E-state index in [9.17, 15) is 22.7 Å². The van der Waals surface area contributed by atoms with Crippen molar-refractivity contribution in [2.24, 2.45) is 5.10 Å². The van der Waals surface area contributed by atoms with E-state index >= 15 is 0 Å². The molecule has 190 valence electrons. The Morgan fingerprint density at radius 2 is 1.92 bits per heavy atom. The molecule has 0 aliphatic heterocycles. The lowest BCUT2D eigenvalue weighted by Crippen LogP contribution is -2.39. The lowest BCUT2D eigenvalue weighted by molar-refractivity contribution is -0.121. The molecule has 8 nitrogen and oxygen atoms in total. The Kier molecular flexibility index (Phi) is 9.03. The first-order valence-corrected chi connectivity index (χ1v) is 12.7. The minimum atomic E-state index is -4.19. The number of phenolic OH excluding ortho intramolecular Hbond substituents is 1. The predicted molar refractivity (Wildman–Crippen MR) is 135 cm³/mol. The molecule has 11 heteroatoms. The zero-order valence-corrected chi connectivity index (χ0v) is 21.2. The van der Waals surface area contributed by atoms with Crippen LogP contribution >= 0.6 is 11.6 Å². The minimum Gasteiger partial charge on any atom is -0.504 e. The second-order valence-corrected chi connectivity index (χ2v) is 10.1. The van der Waals surface area contributed by atoms with Crippen LogP contribution in [0.2, 0.25) is 5.02 Å². The van der Waals surface area contributed by atoms with Crippen molar-refractivity contribution < 1.29 is 27.4 Å². The van der Waals surface area contributed by atoms with E-state index in [0.29, 0.717) is 12.2 Å². The van der Waals surface area contributed by atoms with E-state index in [1.807, 2.05) is 6.92 Å². The maximum Gasteiger partial charge on any atom is 0.255 e. The van der Waals surface area contributed by atoms with Gasteiger partial charge in [0.15, 0.2) is 11.5 Å². The number of carbonyl (C=O) groups is 1. The number of benzene rings is 3. The first-order valence-electron chi connectivity index (χ1n) is 10.9. The Labute approximate surface area is 214 Å². The third-order valence-corrected chi connectivity index (χ3v) is 7.22. The molecule has 0 saturated carbocycles. The zero-order chi connectivity index (χ0) is 26.3. The first kappa shape index (κ1) is 27.1. The van der Waals surface area contributed by atoms with Crippen molar-refractivity contribution in [2.75, 3.05) is 13.2 Å². The van der Waals surface area contributed by atoms with Gasteiger partial charge in [0, 0.05) is 17.1 Å². The van der Waals surface area contributed by atoms with Gasteiger partial charge < -0.3 is 9.84 Å².